The molecule has 2 saturated heterocycles. The molecule has 0 amide bonds. The number of alkyl halides is 3. The molecule has 0 aromatic carbocycles. The zero-order chi connectivity index (χ0) is 8.82. The maximum atomic E-state index is 13.1. The molecule has 70 valence electrons. The van der Waals surface area contributed by atoms with E-state index in [1.165, 1.54) is 0 Å². The first-order valence-electron chi connectivity index (χ1n) is 4.02. The van der Waals surface area contributed by atoms with Crippen LogP contribution in [0.5, 0.6) is 0 Å². The number of halogens is 3. The maximum Gasteiger partial charge on any atom is 0.294 e. The second-order valence-electron chi connectivity index (χ2n) is 3.58. The van der Waals surface area contributed by atoms with Gasteiger partial charge in [-0.2, -0.15) is 0 Å². The van der Waals surface area contributed by atoms with E-state index >= 15 is 0 Å². The molecule has 0 aromatic heterocycles. The molecule has 0 aliphatic carbocycles. The SMILES string of the molecule is FCC(F)(F)C12CNC(CN1)C2. The molecule has 2 heterocycles. The molecule has 2 fully saturated rings. The highest BCUT2D eigenvalue weighted by atomic mass is 19.3. The van der Waals surface area contributed by atoms with Gasteiger partial charge in [0.25, 0.3) is 5.92 Å². The largest absolute Gasteiger partial charge is 0.311 e. The van der Waals surface area contributed by atoms with E-state index in [1.807, 2.05) is 0 Å². The van der Waals surface area contributed by atoms with Crippen molar-refractivity contribution in [3.63, 3.8) is 0 Å². The molecule has 2 nitrogen and oxygen atoms in total. The highest BCUT2D eigenvalue weighted by molar-refractivity contribution is 5.14. The molecule has 0 radical (unpaired) electrons. The average Bonchev–Trinajstić information content (AvgIpc) is 2.64. The van der Waals surface area contributed by atoms with Crippen molar-refractivity contribution in [3.05, 3.63) is 0 Å². The lowest BCUT2D eigenvalue weighted by molar-refractivity contribution is -0.0930. The van der Waals surface area contributed by atoms with Gasteiger partial charge in [-0.3, -0.25) is 0 Å². The Balaban J connectivity index is 2.21. The van der Waals surface area contributed by atoms with Crippen molar-refractivity contribution >= 4 is 0 Å². The molecule has 0 saturated carbocycles. The lowest BCUT2D eigenvalue weighted by atomic mass is 9.92. The minimum Gasteiger partial charge on any atom is -0.311 e. The predicted molar refractivity (Wildman–Crippen MR) is 38.1 cm³/mol. The van der Waals surface area contributed by atoms with Crippen LogP contribution in [0.3, 0.4) is 0 Å². The highest BCUT2D eigenvalue weighted by Gasteiger charge is 2.60. The van der Waals surface area contributed by atoms with Crippen molar-refractivity contribution in [3.8, 4) is 0 Å². The van der Waals surface area contributed by atoms with Crippen LogP contribution in [-0.4, -0.2) is 37.3 Å². The molecule has 5 heteroatoms. The zero-order valence-corrected chi connectivity index (χ0v) is 6.54. The van der Waals surface area contributed by atoms with E-state index in [-0.39, 0.29) is 12.6 Å². The van der Waals surface area contributed by atoms with Gasteiger partial charge in [-0.1, -0.05) is 0 Å². The summed E-state index contributed by atoms with van der Waals surface area (Å²) in [6.07, 6.45) is 0.337. The van der Waals surface area contributed by atoms with Crippen LogP contribution in [0, 0.1) is 0 Å². The second kappa shape index (κ2) is 2.35. The molecule has 2 unspecified atom stereocenters. The minimum absolute atomic E-state index is 0.0995. The van der Waals surface area contributed by atoms with Gasteiger partial charge >= 0.3 is 0 Å². The van der Waals surface area contributed by atoms with Crippen molar-refractivity contribution in [1.29, 1.82) is 0 Å². The number of fused-ring (bicyclic) bond motifs is 2. The smallest absolute Gasteiger partial charge is 0.294 e. The van der Waals surface area contributed by atoms with Crippen molar-refractivity contribution in [1.82, 2.24) is 10.6 Å². The third-order valence-corrected chi connectivity index (χ3v) is 2.84. The van der Waals surface area contributed by atoms with Crippen molar-refractivity contribution in [2.24, 2.45) is 0 Å². The quantitative estimate of drug-likeness (QED) is 0.638. The molecule has 0 aromatic rings. The van der Waals surface area contributed by atoms with Gasteiger partial charge in [0.15, 0.2) is 6.67 Å². The van der Waals surface area contributed by atoms with E-state index in [4.69, 9.17) is 0 Å². The minimum atomic E-state index is -3.23. The third kappa shape index (κ3) is 0.894. The van der Waals surface area contributed by atoms with Crippen LogP contribution in [0.25, 0.3) is 0 Å². The van der Waals surface area contributed by atoms with Crippen molar-refractivity contribution in [2.45, 2.75) is 23.9 Å². The Morgan fingerprint density at radius 3 is 2.58 bits per heavy atom. The summed E-state index contributed by atoms with van der Waals surface area (Å²) in [5, 5.41) is 5.64. The van der Waals surface area contributed by atoms with E-state index in [2.05, 4.69) is 10.6 Å². The van der Waals surface area contributed by atoms with E-state index in [0.29, 0.717) is 13.0 Å². The fraction of sp³-hybridized carbons (Fsp3) is 1.00. The third-order valence-electron chi connectivity index (χ3n) is 2.84. The fourth-order valence-corrected chi connectivity index (χ4v) is 2.02. The van der Waals surface area contributed by atoms with Gasteiger partial charge < -0.3 is 10.6 Å². The predicted octanol–water partition coefficient (Wildman–Crippen LogP) is 0.295. The topological polar surface area (TPSA) is 24.1 Å². The molecule has 12 heavy (non-hydrogen) atoms. The first kappa shape index (κ1) is 8.31. The Morgan fingerprint density at radius 1 is 1.50 bits per heavy atom. The van der Waals surface area contributed by atoms with Gasteiger partial charge in [0.05, 0.1) is 5.54 Å². The summed E-state index contributed by atoms with van der Waals surface area (Å²) in [5.74, 6) is -3.23. The second-order valence-corrected chi connectivity index (χ2v) is 3.58. The van der Waals surface area contributed by atoms with Gasteiger partial charge in [-0.05, 0) is 6.42 Å². The number of piperazine rings is 1. The molecule has 2 bridgehead atoms. The summed E-state index contributed by atoms with van der Waals surface area (Å²) in [7, 11) is 0. The fourth-order valence-electron chi connectivity index (χ4n) is 2.02. The molecule has 0 spiro atoms. The van der Waals surface area contributed by atoms with Crippen molar-refractivity contribution < 1.29 is 13.2 Å². The molecule has 2 rings (SSSR count). The van der Waals surface area contributed by atoms with E-state index in [1.54, 1.807) is 0 Å². The van der Waals surface area contributed by atoms with Crippen LogP contribution in [-0.2, 0) is 0 Å². The summed E-state index contributed by atoms with van der Waals surface area (Å²) < 4.78 is 38.2. The Kier molecular flexibility index (Phi) is 1.63. The molecule has 2 aliphatic rings. The lowest BCUT2D eigenvalue weighted by Crippen LogP contribution is -2.61. The number of hydrogen-bond donors (Lipinski definition) is 2. The van der Waals surface area contributed by atoms with Crippen LogP contribution in [0.2, 0.25) is 0 Å². The van der Waals surface area contributed by atoms with E-state index < -0.39 is 18.1 Å². The van der Waals surface area contributed by atoms with Crippen LogP contribution in [0.15, 0.2) is 0 Å². The van der Waals surface area contributed by atoms with Gasteiger partial charge in [0.1, 0.15) is 0 Å². The highest BCUT2D eigenvalue weighted by Crippen LogP contribution is 2.39. The Labute approximate surface area is 68.5 Å². The summed E-state index contributed by atoms with van der Waals surface area (Å²) in [6.45, 7) is -0.876. The number of rotatable bonds is 2. The Bertz CT molecular complexity index is 187. The number of hydrogen-bond acceptors (Lipinski definition) is 2. The Hall–Kier alpha value is -0.290. The van der Waals surface area contributed by atoms with Gasteiger partial charge in [-0.25, -0.2) is 13.2 Å². The lowest BCUT2D eigenvalue weighted by Gasteiger charge is -2.34. The normalized spacial score (nSPS) is 40.8. The van der Waals surface area contributed by atoms with Crippen LogP contribution in [0.4, 0.5) is 13.2 Å². The monoisotopic (exact) mass is 180 g/mol. The van der Waals surface area contributed by atoms with E-state index in [9.17, 15) is 13.2 Å². The summed E-state index contributed by atoms with van der Waals surface area (Å²) in [4.78, 5) is 0. The average molecular weight is 180 g/mol. The summed E-state index contributed by atoms with van der Waals surface area (Å²) in [6, 6.07) is 0.0995. The maximum absolute atomic E-state index is 13.1. The van der Waals surface area contributed by atoms with E-state index in [0.717, 1.165) is 0 Å². The summed E-state index contributed by atoms with van der Waals surface area (Å²) in [5.41, 5.74) is -1.31. The van der Waals surface area contributed by atoms with Crippen LogP contribution < -0.4 is 10.6 Å². The number of nitrogens with one attached hydrogen (secondary N) is 2. The van der Waals surface area contributed by atoms with Gasteiger partial charge in [0, 0.05) is 19.1 Å². The molecular formula is C7H11F3N2. The first-order valence-corrected chi connectivity index (χ1v) is 4.02. The van der Waals surface area contributed by atoms with Gasteiger partial charge in [-0.15, -0.1) is 0 Å². The van der Waals surface area contributed by atoms with Gasteiger partial charge in [0.2, 0.25) is 0 Å². The molecule has 2 N–H and O–H groups in total. The standard InChI is InChI=1S/C7H11F3N2/c8-3-7(9,10)6-1-5(2-12-6)11-4-6/h5,11-12H,1-4H2. The molecule has 2 aliphatic heterocycles. The first-order chi connectivity index (χ1) is 5.60. The van der Waals surface area contributed by atoms with Crippen LogP contribution >= 0.6 is 0 Å². The zero-order valence-electron chi connectivity index (χ0n) is 6.54. The Morgan fingerprint density at radius 2 is 2.25 bits per heavy atom. The summed E-state index contributed by atoms with van der Waals surface area (Å²) >= 11 is 0. The van der Waals surface area contributed by atoms with Crippen molar-refractivity contribution in [2.75, 3.05) is 19.8 Å². The molecular weight excluding hydrogens is 169 g/mol. The molecule has 2 atom stereocenters. The van der Waals surface area contributed by atoms with Crippen LogP contribution in [0.1, 0.15) is 6.42 Å².